The van der Waals surface area contributed by atoms with Crippen molar-refractivity contribution in [3.63, 3.8) is 0 Å². The SMILES string of the molecule is c1ccc(-c2cc(-c3cccc(-c4ccc5c6ccccc6c6ccccc6c5c4)c3)cc3c4ccccc4c4ccccc4c23)cc1. The molecule has 0 saturated carbocycles. The van der Waals surface area contributed by atoms with Gasteiger partial charge in [0.05, 0.1) is 0 Å². The molecule has 0 aliphatic heterocycles. The van der Waals surface area contributed by atoms with Gasteiger partial charge < -0.3 is 0 Å². The van der Waals surface area contributed by atoms with Gasteiger partial charge in [-0.25, -0.2) is 0 Å². The first-order valence-corrected chi connectivity index (χ1v) is 16.7. The molecule has 222 valence electrons. The molecule has 0 aliphatic carbocycles. The summed E-state index contributed by atoms with van der Waals surface area (Å²) in [7, 11) is 0. The smallest absolute Gasteiger partial charge is 0.00199 e. The van der Waals surface area contributed by atoms with Crippen LogP contribution in [0.3, 0.4) is 0 Å². The Hall–Kier alpha value is -6.24. The first-order valence-electron chi connectivity index (χ1n) is 16.7. The molecule has 0 spiro atoms. The second kappa shape index (κ2) is 10.7. The molecule has 0 bridgehead atoms. The number of hydrogen-bond donors (Lipinski definition) is 0. The number of hydrogen-bond acceptors (Lipinski definition) is 0. The molecule has 48 heavy (non-hydrogen) atoms. The first-order chi connectivity index (χ1) is 23.8. The maximum atomic E-state index is 2.41. The van der Waals surface area contributed by atoms with Crippen molar-refractivity contribution in [2.75, 3.05) is 0 Å². The highest BCUT2D eigenvalue weighted by Crippen LogP contribution is 2.43. The Balaban J connectivity index is 1.22. The van der Waals surface area contributed by atoms with Gasteiger partial charge in [0.2, 0.25) is 0 Å². The largest absolute Gasteiger partial charge is 0.0622 e. The molecule has 10 aromatic carbocycles. The molecule has 0 amide bonds. The molecule has 0 aliphatic rings. The molecule has 10 aromatic rings. The molecule has 0 fully saturated rings. The quantitative estimate of drug-likeness (QED) is 0.176. The molecule has 0 radical (unpaired) electrons. The minimum atomic E-state index is 1.22. The van der Waals surface area contributed by atoms with Crippen LogP contribution in [0.25, 0.3) is 98.0 Å². The summed E-state index contributed by atoms with van der Waals surface area (Å²) in [5.74, 6) is 0. The maximum Gasteiger partial charge on any atom is -0.00199 e. The highest BCUT2D eigenvalue weighted by atomic mass is 14.2. The van der Waals surface area contributed by atoms with Crippen LogP contribution in [-0.2, 0) is 0 Å². The summed E-state index contributed by atoms with van der Waals surface area (Å²) < 4.78 is 0. The van der Waals surface area contributed by atoms with Crippen molar-refractivity contribution < 1.29 is 0 Å². The van der Waals surface area contributed by atoms with Gasteiger partial charge in [-0.1, -0.05) is 158 Å². The third kappa shape index (κ3) is 4.10. The van der Waals surface area contributed by atoms with Crippen LogP contribution in [0.2, 0.25) is 0 Å². The lowest BCUT2D eigenvalue weighted by Crippen LogP contribution is -1.90. The van der Waals surface area contributed by atoms with E-state index in [1.165, 1.54) is 98.0 Å². The van der Waals surface area contributed by atoms with E-state index >= 15 is 0 Å². The van der Waals surface area contributed by atoms with E-state index in [2.05, 4.69) is 182 Å². The summed E-state index contributed by atoms with van der Waals surface area (Å²) in [6.45, 7) is 0. The molecule has 0 N–H and O–H groups in total. The van der Waals surface area contributed by atoms with E-state index in [9.17, 15) is 0 Å². The molecule has 0 nitrogen and oxygen atoms in total. The highest BCUT2D eigenvalue weighted by molar-refractivity contribution is 6.29. The fourth-order valence-corrected chi connectivity index (χ4v) is 8.01. The lowest BCUT2D eigenvalue weighted by Gasteiger charge is -2.17. The monoisotopic (exact) mass is 606 g/mol. The third-order valence-corrected chi connectivity index (χ3v) is 10.2. The second-order valence-corrected chi connectivity index (χ2v) is 12.8. The number of fused-ring (bicyclic) bond motifs is 12. The average Bonchev–Trinajstić information content (AvgIpc) is 3.18. The van der Waals surface area contributed by atoms with Crippen molar-refractivity contribution in [3.05, 3.63) is 182 Å². The summed E-state index contributed by atoms with van der Waals surface area (Å²) in [6.07, 6.45) is 0. The Bertz CT molecular complexity index is 2840. The van der Waals surface area contributed by atoms with Gasteiger partial charge in [0.1, 0.15) is 0 Å². The maximum absolute atomic E-state index is 2.41. The fourth-order valence-electron chi connectivity index (χ4n) is 8.01. The van der Waals surface area contributed by atoms with Crippen molar-refractivity contribution in [1.29, 1.82) is 0 Å². The molecular formula is C48H30. The lowest BCUT2D eigenvalue weighted by atomic mass is 9.86. The van der Waals surface area contributed by atoms with Crippen LogP contribution in [0, 0.1) is 0 Å². The molecule has 0 saturated heterocycles. The average molecular weight is 607 g/mol. The molecule has 0 unspecified atom stereocenters. The van der Waals surface area contributed by atoms with Crippen LogP contribution in [0.5, 0.6) is 0 Å². The first kappa shape index (κ1) is 26.9. The molecule has 0 atom stereocenters. The Morgan fingerprint density at radius 3 is 1.19 bits per heavy atom. The predicted molar refractivity (Wildman–Crippen MR) is 208 cm³/mol. The zero-order valence-corrected chi connectivity index (χ0v) is 26.3. The van der Waals surface area contributed by atoms with Gasteiger partial charge >= 0.3 is 0 Å². The van der Waals surface area contributed by atoms with E-state index in [0.29, 0.717) is 0 Å². The van der Waals surface area contributed by atoms with E-state index in [0.717, 1.165) is 0 Å². The molecule has 10 rings (SSSR count). The van der Waals surface area contributed by atoms with E-state index in [4.69, 9.17) is 0 Å². The van der Waals surface area contributed by atoms with Gasteiger partial charge in [-0.3, -0.25) is 0 Å². The standard InChI is InChI=1S/C48H30/c1-2-13-31(14-3-1)45-29-35(30-47-42-23-9-7-20-39(42)40-21-10-11-24-44(40)48(45)47)33-16-12-15-32(27-33)34-25-26-43-38-19-5-4-17-36(38)37-18-6-8-22-41(37)46(43)28-34/h1-30H. The summed E-state index contributed by atoms with van der Waals surface area (Å²) >= 11 is 0. The topological polar surface area (TPSA) is 0 Å². The van der Waals surface area contributed by atoms with Crippen LogP contribution in [0.4, 0.5) is 0 Å². The van der Waals surface area contributed by atoms with Crippen molar-refractivity contribution in [2.24, 2.45) is 0 Å². The van der Waals surface area contributed by atoms with Gasteiger partial charge in [0.15, 0.2) is 0 Å². The zero-order valence-electron chi connectivity index (χ0n) is 26.3. The van der Waals surface area contributed by atoms with Gasteiger partial charge in [-0.2, -0.15) is 0 Å². The molecular weight excluding hydrogens is 577 g/mol. The zero-order chi connectivity index (χ0) is 31.6. The van der Waals surface area contributed by atoms with Gasteiger partial charge in [-0.05, 0) is 122 Å². The van der Waals surface area contributed by atoms with Gasteiger partial charge in [-0.15, -0.1) is 0 Å². The van der Waals surface area contributed by atoms with Crippen LogP contribution < -0.4 is 0 Å². The van der Waals surface area contributed by atoms with Crippen molar-refractivity contribution in [2.45, 2.75) is 0 Å². The summed E-state index contributed by atoms with van der Waals surface area (Å²) in [6, 6.07) is 67.1. The minimum Gasteiger partial charge on any atom is -0.0622 e. The van der Waals surface area contributed by atoms with E-state index < -0.39 is 0 Å². The Kier molecular flexibility index (Phi) is 5.98. The Morgan fingerprint density at radius 2 is 0.583 bits per heavy atom. The fraction of sp³-hybridized carbons (Fsp3) is 0. The van der Waals surface area contributed by atoms with Crippen LogP contribution >= 0.6 is 0 Å². The number of benzene rings is 10. The van der Waals surface area contributed by atoms with Crippen molar-refractivity contribution >= 4 is 64.6 Å². The normalized spacial score (nSPS) is 11.8. The number of rotatable bonds is 3. The molecule has 0 aromatic heterocycles. The highest BCUT2D eigenvalue weighted by Gasteiger charge is 2.16. The van der Waals surface area contributed by atoms with Crippen molar-refractivity contribution in [3.8, 4) is 33.4 Å². The van der Waals surface area contributed by atoms with E-state index in [1.807, 2.05) is 0 Å². The Labute approximate surface area is 279 Å². The predicted octanol–water partition coefficient (Wildman–Crippen LogP) is 13.6. The summed E-state index contributed by atoms with van der Waals surface area (Å²) in [5.41, 5.74) is 7.38. The van der Waals surface area contributed by atoms with E-state index in [1.54, 1.807) is 0 Å². The van der Waals surface area contributed by atoms with Crippen LogP contribution in [0.15, 0.2) is 182 Å². The minimum absolute atomic E-state index is 1.22. The molecule has 0 heteroatoms. The van der Waals surface area contributed by atoms with Crippen LogP contribution in [-0.4, -0.2) is 0 Å². The van der Waals surface area contributed by atoms with Crippen molar-refractivity contribution in [1.82, 2.24) is 0 Å². The van der Waals surface area contributed by atoms with Gasteiger partial charge in [0, 0.05) is 0 Å². The van der Waals surface area contributed by atoms with Crippen LogP contribution in [0.1, 0.15) is 0 Å². The Morgan fingerprint density at radius 1 is 0.188 bits per heavy atom. The van der Waals surface area contributed by atoms with Gasteiger partial charge in [0.25, 0.3) is 0 Å². The summed E-state index contributed by atoms with van der Waals surface area (Å²) in [4.78, 5) is 0. The van der Waals surface area contributed by atoms with E-state index in [-0.39, 0.29) is 0 Å². The lowest BCUT2D eigenvalue weighted by molar-refractivity contribution is 1.61. The third-order valence-electron chi connectivity index (χ3n) is 10.2. The summed E-state index contributed by atoms with van der Waals surface area (Å²) in [5, 5.41) is 15.6. The second-order valence-electron chi connectivity index (χ2n) is 12.8. The molecule has 0 heterocycles.